The second kappa shape index (κ2) is 6.10. The lowest BCUT2D eigenvalue weighted by molar-refractivity contribution is -0.131. The van der Waals surface area contributed by atoms with Crippen molar-refractivity contribution in [1.82, 2.24) is 4.98 Å². The summed E-state index contributed by atoms with van der Waals surface area (Å²) in [6.07, 6.45) is 1.54. The molecule has 1 aromatic heterocycles. The number of hydrogen-bond donors (Lipinski definition) is 1. The fourth-order valence-corrected chi connectivity index (χ4v) is 2.50. The number of halogens is 2. The van der Waals surface area contributed by atoms with Gasteiger partial charge in [-0.3, -0.25) is 14.9 Å². The standard InChI is InChI=1S/C12H8BrFN2O3S/c1-6(17)19-9-4-7(14)2-3-8(9)11(18)16-12-15-5-10(13)20-12/h2-5H,1H3,(H,15,16,18). The Kier molecular flexibility index (Phi) is 4.46. The molecule has 2 rings (SSSR count). The molecule has 0 aliphatic rings. The van der Waals surface area contributed by atoms with Crippen molar-refractivity contribution in [2.24, 2.45) is 0 Å². The van der Waals surface area contributed by atoms with Crippen LogP contribution in [0.1, 0.15) is 17.3 Å². The first-order chi connectivity index (χ1) is 9.45. The minimum Gasteiger partial charge on any atom is -0.426 e. The highest BCUT2D eigenvalue weighted by Gasteiger charge is 2.16. The van der Waals surface area contributed by atoms with Gasteiger partial charge in [0.25, 0.3) is 5.91 Å². The molecule has 0 bridgehead atoms. The highest BCUT2D eigenvalue weighted by Crippen LogP contribution is 2.25. The zero-order valence-corrected chi connectivity index (χ0v) is 12.5. The highest BCUT2D eigenvalue weighted by molar-refractivity contribution is 9.11. The van der Waals surface area contributed by atoms with Gasteiger partial charge in [-0.1, -0.05) is 11.3 Å². The van der Waals surface area contributed by atoms with Crippen LogP contribution in [0.3, 0.4) is 0 Å². The van der Waals surface area contributed by atoms with Crippen LogP contribution in [0.5, 0.6) is 5.75 Å². The summed E-state index contributed by atoms with van der Waals surface area (Å²) in [5, 5.41) is 2.91. The maximum Gasteiger partial charge on any atom is 0.308 e. The van der Waals surface area contributed by atoms with Crippen LogP contribution in [0.2, 0.25) is 0 Å². The molecule has 0 radical (unpaired) electrons. The average molecular weight is 359 g/mol. The Bertz CT molecular complexity index is 674. The number of aromatic nitrogens is 1. The van der Waals surface area contributed by atoms with E-state index in [-0.39, 0.29) is 11.3 Å². The van der Waals surface area contributed by atoms with Crippen molar-refractivity contribution in [3.8, 4) is 5.75 Å². The number of amides is 1. The van der Waals surface area contributed by atoms with Gasteiger partial charge >= 0.3 is 5.97 Å². The Balaban J connectivity index is 2.26. The van der Waals surface area contributed by atoms with E-state index >= 15 is 0 Å². The number of carbonyl (C=O) groups is 2. The van der Waals surface area contributed by atoms with Crippen molar-refractivity contribution in [2.75, 3.05) is 5.32 Å². The number of carbonyl (C=O) groups excluding carboxylic acids is 2. The van der Waals surface area contributed by atoms with E-state index in [2.05, 4.69) is 26.2 Å². The van der Waals surface area contributed by atoms with Crippen molar-refractivity contribution in [2.45, 2.75) is 6.92 Å². The predicted octanol–water partition coefficient (Wildman–Crippen LogP) is 3.22. The summed E-state index contributed by atoms with van der Waals surface area (Å²) in [6, 6.07) is 3.33. The third-order valence-electron chi connectivity index (χ3n) is 2.14. The molecule has 0 fully saturated rings. The number of benzene rings is 1. The molecule has 0 spiro atoms. The summed E-state index contributed by atoms with van der Waals surface area (Å²) in [5.41, 5.74) is 0.0490. The summed E-state index contributed by atoms with van der Waals surface area (Å²) in [7, 11) is 0. The first kappa shape index (κ1) is 14.6. The number of anilines is 1. The van der Waals surface area contributed by atoms with Gasteiger partial charge in [-0.15, -0.1) is 0 Å². The molecule has 2 aromatic rings. The number of hydrogen-bond acceptors (Lipinski definition) is 5. The maximum absolute atomic E-state index is 13.2. The lowest BCUT2D eigenvalue weighted by Crippen LogP contribution is -2.15. The molecule has 1 N–H and O–H groups in total. The van der Waals surface area contributed by atoms with Gasteiger partial charge in [0, 0.05) is 13.0 Å². The molecule has 104 valence electrons. The zero-order valence-electron chi connectivity index (χ0n) is 10.1. The molecular weight excluding hydrogens is 351 g/mol. The molecular formula is C12H8BrFN2O3S. The number of rotatable bonds is 3. The third-order valence-corrected chi connectivity index (χ3v) is 3.53. The van der Waals surface area contributed by atoms with Gasteiger partial charge in [0.05, 0.1) is 15.5 Å². The van der Waals surface area contributed by atoms with Crippen molar-refractivity contribution < 1.29 is 18.7 Å². The topological polar surface area (TPSA) is 68.3 Å². The van der Waals surface area contributed by atoms with Gasteiger partial charge < -0.3 is 4.74 Å². The van der Waals surface area contributed by atoms with Gasteiger partial charge in [-0.25, -0.2) is 9.37 Å². The van der Waals surface area contributed by atoms with Crippen molar-refractivity contribution in [3.63, 3.8) is 0 Å². The maximum atomic E-state index is 13.2. The van der Waals surface area contributed by atoms with Crippen LogP contribution in [0.4, 0.5) is 9.52 Å². The molecule has 0 aliphatic heterocycles. The van der Waals surface area contributed by atoms with Crippen LogP contribution in [-0.4, -0.2) is 16.9 Å². The molecule has 0 aliphatic carbocycles. The molecule has 1 heterocycles. The van der Waals surface area contributed by atoms with Gasteiger partial charge in [-0.2, -0.15) is 0 Å². The molecule has 5 nitrogen and oxygen atoms in total. The van der Waals surface area contributed by atoms with Crippen LogP contribution in [-0.2, 0) is 4.79 Å². The first-order valence-electron chi connectivity index (χ1n) is 5.36. The second-order valence-corrected chi connectivity index (χ2v) is 6.07. The van der Waals surface area contributed by atoms with E-state index in [0.717, 1.165) is 15.9 Å². The van der Waals surface area contributed by atoms with E-state index in [1.165, 1.54) is 30.5 Å². The Hall–Kier alpha value is -1.80. The normalized spacial score (nSPS) is 10.2. The number of nitrogens with one attached hydrogen (secondary N) is 1. The second-order valence-electron chi connectivity index (χ2n) is 3.66. The average Bonchev–Trinajstić information content (AvgIpc) is 2.73. The number of nitrogens with zero attached hydrogens (tertiary/aromatic N) is 1. The summed E-state index contributed by atoms with van der Waals surface area (Å²) < 4.78 is 18.7. The van der Waals surface area contributed by atoms with Crippen LogP contribution in [0.25, 0.3) is 0 Å². The fraction of sp³-hybridized carbons (Fsp3) is 0.0833. The van der Waals surface area contributed by atoms with Gasteiger partial charge in [-0.05, 0) is 28.1 Å². The molecule has 1 aromatic carbocycles. The van der Waals surface area contributed by atoms with Crippen LogP contribution in [0.15, 0.2) is 28.2 Å². The predicted molar refractivity (Wildman–Crippen MR) is 75.5 cm³/mol. The fourth-order valence-electron chi connectivity index (χ4n) is 1.40. The molecule has 8 heteroatoms. The molecule has 0 unspecified atom stereocenters. The third kappa shape index (κ3) is 3.61. The lowest BCUT2D eigenvalue weighted by Gasteiger charge is -2.08. The highest BCUT2D eigenvalue weighted by atomic mass is 79.9. The minimum atomic E-state index is -0.637. The zero-order chi connectivity index (χ0) is 14.7. The monoisotopic (exact) mass is 358 g/mol. The summed E-state index contributed by atoms with van der Waals surface area (Å²) in [4.78, 5) is 27.0. The SMILES string of the molecule is CC(=O)Oc1cc(F)ccc1C(=O)Nc1ncc(Br)s1. The molecule has 20 heavy (non-hydrogen) atoms. The van der Waals surface area contributed by atoms with Crippen LogP contribution >= 0.6 is 27.3 Å². The van der Waals surface area contributed by atoms with E-state index in [9.17, 15) is 14.0 Å². The number of thiazole rings is 1. The Morgan fingerprint density at radius 1 is 1.45 bits per heavy atom. The van der Waals surface area contributed by atoms with E-state index in [4.69, 9.17) is 4.74 Å². The summed E-state index contributed by atoms with van der Waals surface area (Å²) in [6.45, 7) is 1.17. The van der Waals surface area contributed by atoms with Crippen molar-refractivity contribution >= 4 is 44.3 Å². The smallest absolute Gasteiger partial charge is 0.308 e. The molecule has 0 saturated heterocycles. The van der Waals surface area contributed by atoms with E-state index in [1.54, 1.807) is 0 Å². The largest absolute Gasteiger partial charge is 0.426 e. The quantitative estimate of drug-likeness (QED) is 0.675. The first-order valence-corrected chi connectivity index (χ1v) is 6.97. The number of ether oxygens (including phenoxy) is 1. The van der Waals surface area contributed by atoms with Crippen LogP contribution < -0.4 is 10.1 Å². The Morgan fingerprint density at radius 3 is 2.80 bits per heavy atom. The molecule has 0 saturated carbocycles. The molecule has 0 atom stereocenters. The van der Waals surface area contributed by atoms with Crippen molar-refractivity contribution in [3.05, 3.63) is 39.6 Å². The molecule has 1 amide bonds. The van der Waals surface area contributed by atoms with E-state index in [0.29, 0.717) is 5.13 Å². The Labute approximate surface area is 125 Å². The van der Waals surface area contributed by atoms with Crippen LogP contribution in [0, 0.1) is 5.82 Å². The van der Waals surface area contributed by atoms with Gasteiger partial charge in [0.15, 0.2) is 5.13 Å². The van der Waals surface area contributed by atoms with Crippen molar-refractivity contribution in [1.29, 1.82) is 0 Å². The Morgan fingerprint density at radius 2 is 2.20 bits per heavy atom. The lowest BCUT2D eigenvalue weighted by atomic mass is 10.2. The summed E-state index contributed by atoms with van der Waals surface area (Å²) >= 11 is 4.45. The number of esters is 1. The van der Waals surface area contributed by atoms with Gasteiger partial charge in [0.1, 0.15) is 11.6 Å². The van der Waals surface area contributed by atoms with E-state index in [1.807, 2.05) is 0 Å². The summed E-state index contributed by atoms with van der Waals surface area (Å²) in [5.74, 6) is -1.91. The van der Waals surface area contributed by atoms with Gasteiger partial charge in [0.2, 0.25) is 0 Å². The van der Waals surface area contributed by atoms with E-state index < -0.39 is 17.7 Å². The minimum absolute atomic E-state index is 0.0490.